The van der Waals surface area contributed by atoms with Gasteiger partial charge < -0.3 is 9.15 Å². The van der Waals surface area contributed by atoms with Crippen molar-refractivity contribution in [3.05, 3.63) is 58.3 Å². The molecule has 0 aliphatic heterocycles. The topological polar surface area (TPSA) is 83.0 Å². The van der Waals surface area contributed by atoms with E-state index in [1.165, 1.54) is 10.7 Å². The Bertz CT molecular complexity index is 1440. The van der Waals surface area contributed by atoms with Crippen LogP contribution in [0.25, 0.3) is 22.3 Å². The molecule has 4 heterocycles. The van der Waals surface area contributed by atoms with Crippen molar-refractivity contribution in [1.29, 1.82) is 0 Å². The second kappa shape index (κ2) is 8.87. The summed E-state index contributed by atoms with van der Waals surface area (Å²) in [6.07, 6.45) is -0.746. The normalized spacial score (nSPS) is 15.2. The van der Waals surface area contributed by atoms with Crippen LogP contribution >= 0.6 is 0 Å². The molecule has 1 aliphatic carbocycles. The Balaban J connectivity index is 1.38. The smallest absolute Gasteiger partial charge is 0.264 e. The summed E-state index contributed by atoms with van der Waals surface area (Å²) in [6.45, 7) is 5.27. The van der Waals surface area contributed by atoms with Crippen molar-refractivity contribution in [3.63, 3.8) is 0 Å². The molecule has 0 N–H and O–H groups in total. The number of aromatic nitrogens is 4. The summed E-state index contributed by atoms with van der Waals surface area (Å²) < 4.78 is 40.8. The Labute approximate surface area is 201 Å². The number of Topliss-reactive ketones (excluding diaryl/α,β-unsaturated/α-hetero) is 1. The lowest BCUT2D eigenvalue weighted by atomic mass is 9.96. The van der Waals surface area contributed by atoms with Gasteiger partial charge in [-0.25, -0.2) is 13.5 Å². The maximum Gasteiger partial charge on any atom is 0.264 e. The van der Waals surface area contributed by atoms with E-state index in [0.717, 1.165) is 29.8 Å². The fourth-order valence-electron chi connectivity index (χ4n) is 4.91. The van der Waals surface area contributed by atoms with Crippen LogP contribution in [0.1, 0.15) is 59.2 Å². The number of nitrogens with zero attached hydrogens (tertiary/aromatic N) is 4. The number of halogens is 2. The molecular weight excluding hydrogens is 454 g/mol. The zero-order valence-corrected chi connectivity index (χ0v) is 20.1. The third kappa shape index (κ3) is 4.31. The Morgan fingerprint density at radius 2 is 2.03 bits per heavy atom. The number of carbonyl (C=O) groups is 1. The molecule has 0 spiro atoms. The number of aryl methyl sites for hydroxylation is 5. The van der Waals surface area contributed by atoms with Gasteiger partial charge in [-0.05, 0) is 57.2 Å². The molecule has 9 heteroatoms. The van der Waals surface area contributed by atoms with E-state index in [1.807, 2.05) is 19.1 Å². The molecule has 0 bridgehead atoms. The lowest BCUT2D eigenvalue weighted by molar-refractivity contribution is -0.121. The van der Waals surface area contributed by atoms with Crippen molar-refractivity contribution < 1.29 is 22.7 Å². The Kier molecular flexibility index (Phi) is 5.86. The number of alkyl halides is 2. The molecule has 5 rings (SSSR count). The van der Waals surface area contributed by atoms with Crippen LogP contribution in [0.4, 0.5) is 8.78 Å². The first-order chi connectivity index (χ1) is 16.7. The minimum atomic E-state index is -2.78. The van der Waals surface area contributed by atoms with Crippen LogP contribution in [0.5, 0.6) is 5.88 Å². The van der Waals surface area contributed by atoms with Crippen molar-refractivity contribution >= 4 is 16.8 Å². The van der Waals surface area contributed by atoms with Gasteiger partial charge in [0.25, 0.3) is 6.43 Å². The highest BCUT2D eigenvalue weighted by molar-refractivity contribution is 5.95. The largest absolute Gasteiger partial charge is 0.470 e. The van der Waals surface area contributed by atoms with Crippen LogP contribution in [0.15, 0.2) is 28.7 Å². The Hall–Kier alpha value is -3.62. The third-order valence-electron chi connectivity index (χ3n) is 6.51. The molecule has 0 amide bonds. The van der Waals surface area contributed by atoms with E-state index >= 15 is 0 Å². The minimum absolute atomic E-state index is 0.0279. The number of hydrogen-bond donors (Lipinski definition) is 0. The quantitative estimate of drug-likeness (QED) is 0.345. The van der Waals surface area contributed by atoms with E-state index in [9.17, 15) is 13.6 Å². The summed E-state index contributed by atoms with van der Waals surface area (Å²) in [4.78, 5) is 21.6. The SMILES string of the molecule is Cc1ccc2c(n1)CC[C@@H]2CC(=O)COc1cc(C(F)F)c2c(-c3cc(C)oc3C)nn(C)c2n1. The van der Waals surface area contributed by atoms with Gasteiger partial charge in [0.15, 0.2) is 11.4 Å². The van der Waals surface area contributed by atoms with Gasteiger partial charge in [0.1, 0.15) is 23.8 Å². The van der Waals surface area contributed by atoms with Crippen LogP contribution in [-0.2, 0) is 18.3 Å². The molecule has 0 aromatic carbocycles. The zero-order valence-electron chi connectivity index (χ0n) is 20.1. The number of carbonyl (C=O) groups excluding carboxylic acids is 1. The average molecular weight is 481 g/mol. The number of furan rings is 1. The highest BCUT2D eigenvalue weighted by Gasteiger charge is 2.27. The third-order valence-corrected chi connectivity index (χ3v) is 6.51. The molecule has 1 aliphatic rings. The lowest BCUT2D eigenvalue weighted by Crippen LogP contribution is -2.15. The fraction of sp³-hybridized carbons (Fsp3) is 0.385. The number of pyridine rings is 2. The molecule has 1 atom stereocenters. The maximum absolute atomic E-state index is 14.1. The van der Waals surface area contributed by atoms with E-state index in [1.54, 1.807) is 27.0 Å². The van der Waals surface area contributed by atoms with Gasteiger partial charge in [-0.15, -0.1) is 0 Å². The van der Waals surface area contributed by atoms with Crippen LogP contribution in [0.2, 0.25) is 0 Å². The number of ether oxygens (including phenoxy) is 1. The van der Waals surface area contributed by atoms with E-state index in [2.05, 4.69) is 15.1 Å². The summed E-state index contributed by atoms with van der Waals surface area (Å²) in [7, 11) is 1.64. The molecular formula is C26H26F2N4O3. The van der Waals surface area contributed by atoms with Crippen LogP contribution in [0, 0.1) is 20.8 Å². The zero-order chi connectivity index (χ0) is 24.9. The van der Waals surface area contributed by atoms with Gasteiger partial charge in [-0.2, -0.15) is 10.1 Å². The Morgan fingerprint density at radius 3 is 2.74 bits per heavy atom. The van der Waals surface area contributed by atoms with E-state index in [4.69, 9.17) is 9.15 Å². The minimum Gasteiger partial charge on any atom is -0.470 e. The summed E-state index contributed by atoms with van der Waals surface area (Å²) in [5.74, 6) is 1.21. The number of rotatable bonds is 7. The number of fused-ring (bicyclic) bond motifs is 2. The Morgan fingerprint density at radius 1 is 1.23 bits per heavy atom. The molecule has 0 fully saturated rings. The maximum atomic E-state index is 14.1. The second-order valence-corrected chi connectivity index (χ2v) is 9.10. The van der Waals surface area contributed by atoms with Crippen molar-refractivity contribution in [3.8, 4) is 17.1 Å². The van der Waals surface area contributed by atoms with E-state index < -0.39 is 6.43 Å². The molecule has 4 aromatic heterocycles. The standard InChI is InChI=1S/C26H26F2N4O3/c1-13-5-7-18-16(6-8-21(18)29-13)10-17(33)12-34-22-11-20(25(27)28)23-24(31-32(4)26(23)30-22)19-9-14(2)35-15(19)3/h5,7,9,11,16,25H,6,8,10,12H2,1-4H3/t16-/m1/s1. The molecule has 7 nitrogen and oxygen atoms in total. The molecule has 4 aromatic rings. The first-order valence-corrected chi connectivity index (χ1v) is 11.6. The molecule has 0 unspecified atom stereocenters. The number of ketones is 1. The van der Waals surface area contributed by atoms with Crippen LogP contribution in [-0.4, -0.2) is 32.1 Å². The molecule has 0 saturated carbocycles. The number of hydrogen-bond acceptors (Lipinski definition) is 6. The fourth-order valence-corrected chi connectivity index (χ4v) is 4.91. The van der Waals surface area contributed by atoms with Crippen molar-refractivity contribution in [2.24, 2.45) is 7.05 Å². The molecule has 182 valence electrons. The predicted molar refractivity (Wildman–Crippen MR) is 126 cm³/mol. The average Bonchev–Trinajstić information content (AvgIpc) is 3.46. The van der Waals surface area contributed by atoms with Gasteiger partial charge in [-0.3, -0.25) is 9.78 Å². The van der Waals surface area contributed by atoms with E-state index in [0.29, 0.717) is 29.2 Å². The molecule has 0 saturated heterocycles. The highest BCUT2D eigenvalue weighted by Crippen LogP contribution is 2.38. The summed E-state index contributed by atoms with van der Waals surface area (Å²) in [5.41, 5.74) is 4.15. The van der Waals surface area contributed by atoms with Gasteiger partial charge in [0.2, 0.25) is 5.88 Å². The van der Waals surface area contributed by atoms with E-state index in [-0.39, 0.29) is 40.8 Å². The monoisotopic (exact) mass is 480 g/mol. The van der Waals surface area contributed by atoms with Gasteiger partial charge in [-0.1, -0.05) is 6.07 Å². The lowest BCUT2D eigenvalue weighted by Gasteiger charge is -2.12. The van der Waals surface area contributed by atoms with Crippen LogP contribution in [0.3, 0.4) is 0 Å². The van der Waals surface area contributed by atoms with Gasteiger partial charge in [0.05, 0.1) is 5.39 Å². The second-order valence-electron chi connectivity index (χ2n) is 9.10. The summed E-state index contributed by atoms with van der Waals surface area (Å²) in [6, 6.07) is 6.97. The molecule has 0 radical (unpaired) electrons. The first kappa shape index (κ1) is 23.1. The summed E-state index contributed by atoms with van der Waals surface area (Å²) in [5, 5.41) is 4.69. The van der Waals surface area contributed by atoms with Gasteiger partial charge in [0, 0.05) is 42.0 Å². The predicted octanol–water partition coefficient (Wildman–Crippen LogP) is 5.55. The highest BCUT2D eigenvalue weighted by atomic mass is 19.3. The summed E-state index contributed by atoms with van der Waals surface area (Å²) >= 11 is 0. The van der Waals surface area contributed by atoms with Crippen LogP contribution < -0.4 is 4.74 Å². The van der Waals surface area contributed by atoms with Crippen molar-refractivity contribution in [2.75, 3.05) is 6.61 Å². The van der Waals surface area contributed by atoms with Crippen molar-refractivity contribution in [2.45, 2.75) is 52.4 Å². The van der Waals surface area contributed by atoms with Crippen molar-refractivity contribution in [1.82, 2.24) is 19.7 Å². The van der Waals surface area contributed by atoms with Gasteiger partial charge >= 0.3 is 0 Å². The molecule has 35 heavy (non-hydrogen) atoms. The first-order valence-electron chi connectivity index (χ1n) is 11.6.